The Morgan fingerprint density at radius 3 is 2.18 bits per heavy atom. The van der Waals surface area contributed by atoms with Gasteiger partial charge in [-0.25, -0.2) is 4.79 Å². The smallest absolute Gasteiger partial charge is 0.338 e. The second-order valence-electron chi connectivity index (χ2n) is 10.0. The molecule has 2 aliphatic rings. The molecule has 0 radical (unpaired) electrons. The predicted octanol–water partition coefficient (Wildman–Crippen LogP) is 5.35. The number of carbonyl (C=O) groups excluding carboxylic acids is 2. The molecular formula is C29H33ClN2O6. The first-order chi connectivity index (χ1) is 18.1. The number of ether oxygens (including phenoxy) is 4. The maximum Gasteiger partial charge on any atom is 0.338 e. The number of allylic oxidation sites excluding steroid dienone is 2. The summed E-state index contributed by atoms with van der Waals surface area (Å²) in [6.45, 7) is 5.96. The van der Waals surface area contributed by atoms with Gasteiger partial charge in [-0.2, -0.15) is 0 Å². The highest BCUT2D eigenvalue weighted by Gasteiger charge is 2.47. The van der Waals surface area contributed by atoms with E-state index in [0.717, 1.165) is 5.70 Å². The molecule has 1 aliphatic carbocycles. The Bertz CT molecular complexity index is 1300. The highest BCUT2D eigenvalue weighted by atomic mass is 35.5. The third kappa shape index (κ3) is 4.80. The number of carbonyl (C=O) groups is 2. The number of esters is 1. The maximum atomic E-state index is 13.9. The minimum Gasteiger partial charge on any atom is -0.493 e. The van der Waals surface area contributed by atoms with Gasteiger partial charge in [-0.05, 0) is 60.7 Å². The number of anilines is 1. The Kier molecular flexibility index (Phi) is 7.65. The van der Waals surface area contributed by atoms with Crippen LogP contribution < -0.4 is 24.8 Å². The normalized spacial score (nSPS) is 18.8. The van der Waals surface area contributed by atoms with Crippen LogP contribution in [0.25, 0.3) is 0 Å². The summed E-state index contributed by atoms with van der Waals surface area (Å²) in [6.07, 6.45) is 0.881. The molecule has 0 amide bonds. The topological polar surface area (TPSA) is 100 Å². The van der Waals surface area contributed by atoms with Crippen LogP contribution >= 0.6 is 11.6 Å². The fourth-order valence-corrected chi connectivity index (χ4v) is 5.43. The number of nitrogens with zero attached hydrogens (tertiary/aromatic N) is 1. The summed E-state index contributed by atoms with van der Waals surface area (Å²) in [6, 6.07) is 10.6. The molecule has 0 aromatic heterocycles. The number of hydrogen-bond acceptors (Lipinski definition) is 8. The Hall–Kier alpha value is -3.65. The van der Waals surface area contributed by atoms with Gasteiger partial charge in [-0.3, -0.25) is 9.69 Å². The Morgan fingerprint density at radius 2 is 1.66 bits per heavy atom. The number of methoxy groups -OCH3 is 3. The molecule has 1 heterocycles. The molecule has 38 heavy (non-hydrogen) atoms. The van der Waals surface area contributed by atoms with Gasteiger partial charge in [0.2, 0.25) is 5.75 Å². The molecule has 9 heteroatoms. The van der Waals surface area contributed by atoms with Crippen LogP contribution in [-0.4, -0.2) is 39.7 Å². The van der Waals surface area contributed by atoms with Crippen molar-refractivity contribution in [2.75, 3.05) is 32.8 Å². The van der Waals surface area contributed by atoms with Gasteiger partial charge in [0.25, 0.3) is 0 Å². The van der Waals surface area contributed by atoms with Crippen molar-refractivity contribution >= 4 is 29.0 Å². The Balaban J connectivity index is 2.07. The summed E-state index contributed by atoms with van der Waals surface area (Å²) in [7, 11) is 4.54. The quantitative estimate of drug-likeness (QED) is 0.469. The fourth-order valence-electron chi connectivity index (χ4n) is 5.30. The molecule has 2 N–H and O–H groups in total. The van der Waals surface area contributed by atoms with E-state index < -0.39 is 11.9 Å². The molecule has 4 rings (SSSR count). The molecule has 1 atom stereocenters. The van der Waals surface area contributed by atoms with Gasteiger partial charge in [0.15, 0.2) is 17.3 Å². The molecule has 202 valence electrons. The molecule has 0 fully saturated rings. The molecule has 0 unspecified atom stereocenters. The van der Waals surface area contributed by atoms with Crippen LogP contribution in [0, 0.1) is 5.41 Å². The van der Waals surface area contributed by atoms with Crippen LogP contribution in [0.4, 0.5) is 5.69 Å². The number of Topliss-reactive ketones (excluding diaryl/α,β-unsaturated/α-hetero) is 1. The van der Waals surface area contributed by atoms with Gasteiger partial charge in [-0.1, -0.05) is 25.4 Å². The van der Waals surface area contributed by atoms with Crippen molar-refractivity contribution in [1.82, 2.24) is 0 Å². The van der Waals surface area contributed by atoms with Crippen LogP contribution in [0.5, 0.6) is 17.2 Å². The van der Waals surface area contributed by atoms with Crippen LogP contribution in [0.2, 0.25) is 5.02 Å². The molecular weight excluding hydrogens is 508 g/mol. The maximum absolute atomic E-state index is 13.9. The first-order valence-corrected chi connectivity index (χ1v) is 12.7. The highest BCUT2D eigenvalue weighted by molar-refractivity contribution is 6.30. The van der Waals surface area contributed by atoms with Crippen LogP contribution in [0.1, 0.15) is 45.1 Å². The molecule has 0 spiro atoms. The third-order valence-corrected chi connectivity index (χ3v) is 7.11. The fraction of sp³-hybridized carbons (Fsp3) is 0.379. The van der Waals surface area contributed by atoms with Gasteiger partial charge < -0.3 is 24.7 Å². The van der Waals surface area contributed by atoms with Crippen molar-refractivity contribution in [3.63, 3.8) is 0 Å². The van der Waals surface area contributed by atoms with E-state index in [2.05, 4.69) is 0 Å². The van der Waals surface area contributed by atoms with E-state index >= 15 is 0 Å². The van der Waals surface area contributed by atoms with Crippen molar-refractivity contribution < 1.29 is 28.5 Å². The predicted molar refractivity (Wildman–Crippen MR) is 146 cm³/mol. The second-order valence-corrected chi connectivity index (χ2v) is 10.5. The zero-order valence-electron chi connectivity index (χ0n) is 22.5. The summed E-state index contributed by atoms with van der Waals surface area (Å²) in [5.41, 5.74) is 9.20. The van der Waals surface area contributed by atoms with Crippen LogP contribution in [-0.2, 0) is 14.3 Å². The minimum atomic E-state index is -0.801. The van der Waals surface area contributed by atoms with E-state index in [1.54, 1.807) is 36.1 Å². The Morgan fingerprint density at radius 1 is 1.05 bits per heavy atom. The summed E-state index contributed by atoms with van der Waals surface area (Å²) < 4.78 is 22.1. The summed E-state index contributed by atoms with van der Waals surface area (Å²) >= 11 is 6.16. The first kappa shape index (κ1) is 27.4. The van der Waals surface area contributed by atoms with E-state index in [-0.39, 0.29) is 29.2 Å². The minimum absolute atomic E-state index is 0.0664. The van der Waals surface area contributed by atoms with Gasteiger partial charge in [0, 0.05) is 28.4 Å². The zero-order valence-corrected chi connectivity index (χ0v) is 23.3. The van der Waals surface area contributed by atoms with Crippen molar-refractivity contribution in [3.8, 4) is 17.2 Å². The molecule has 0 bridgehead atoms. The Labute approximate surface area is 227 Å². The zero-order chi connectivity index (χ0) is 27.8. The van der Waals surface area contributed by atoms with Crippen molar-refractivity contribution in [1.29, 1.82) is 0 Å². The number of rotatable bonds is 7. The van der Waals surface area contributed by atoms with Crippen molar-refractivity contribution in [2.24, 2.45) is 11.1 Å². The van der Waals surface area contributed by atoms with Gasteiger partial charge in [0.05, 0.1) is 39.4 Å². The summed E-state index contributed by atoms with van der Waals surface area (Å²) in [4.78, 5) is 29.2. The lowest BCUT2D eigenvalue weighted by atomic mass is 9.68. The first-order valence-electron chi connectivity index (χ1n) is 12.4. The third-order valence-electron chi connectivity index (χ3n) is 6.86. The van der Waals surface area contributed by atoms with Crippen LogP contribution in [0.15, 0.2) is 59.1 Å². The van der Waals surface area contributed by atoms with Crippen molar-refractivity contribution in [2.45, 2.75) is 39.5 Å². The average Bonchev–Trinajstić information content (AvgIpc) is 2.87. The monoisotopic (exact) mass is 540 g/mol. The van der Waals surface area contributed by atoms with E-state index in [9.17, 15) is 9.59 Å². The largest absolute Gasteiger partial charge is 0.493 e. The lowest BCUT2D eigenvalue weighted by Crippen LogP contribution is -2.43. The van der Waals surface area contributed by atoms with Crippen molar-refractivity contribution in [3.05, 3.63) is 69.6 Å². The molecule has 0 saturated heterocycles. The molecule has 0 saturated carbocycles. The van der Waals surface area contributed by atoms with Gasteiger partial charge >= 0.3 is 5.97 Å². The number of benzene rings is 2. The van der Waals surface area contributed by atoms with Crippen LogP contribution in [0.3, 0.4) is 0 Å². The molecule has 2 aromatic rings. The van der Waals surface area contributed by atoms with E-state index in [4.69, 9.17) is 36.3 Å². The molecule has 1 aliphatic heterocycles. The van der Waals surface area contributed by atoms with Gasteiger partial charge in [-0.15, -0.1) is 0 Å². The standard InChI is InChI=1S/C29H33ClN2O6/c1-7-38-28(34)25-23(16-12-21(35-4)26(37-6)22(13-16)36-5)24-19(14-29(2,3)15-20(24)33)32(27(25)31)18-10-8-17(30)9-11-18/h8-13,23H,7,14-15,31H2,1-6H3/t23-/m1/s1. The molecule has 8 nitrogen and oxygen atoms in total. The van der Waals surface area contributed by atoms with Gasteiger partial charge in [0.1, 0.15) is 5.82 Å². The number of nitrogens with two attached hydrogens (primary N) is 1. The number of hydrogen-bond donors (Lipinski definition) is 1. The van der Waals surface area contributed by atoms with E-state index in [1.165, 1.54) is 21.3 Å². The lowest BCUT2D eigenvalue weighted by Gasteiger charge is -2.44. The summed E-state index contributed by atoms with van der Waals surface area (Å²) in [5, 5.41) is 0.559. The summed E-state index contributed by atoms with van der Waals surface area (Å²) in [5.74, 6) is -0.0878. The number of halogens is 1. The lowest BCUT2D eigenvalue weighted by molar-refractivity contribution is -0.138. The number of ketones is 1. The van der Waals surface area contributed by atoms with E-state index in [1.807, 2.05) is 26.0 Å². The average molecular weight is 541 g/mol. The highest BCUT2D eigenvalue weighted by Crippen LogP contribution is 2.52. The molecule has 2 aromatic carbocycles. The van der Waals surface area contributed by atoms with E-state index in [0.29, 0.717) is 51.9 Å². The SMILES string of the molecule is CCOC(=O)C1=C(N)N(c2ccc(Cl)cc2)C2=C(C(=O)CC(C)(C)C2)[C@H]1c1cc(OC)c(OC)c(OC)c1. The second kappa shape index (κ2) is 10.6.